The number of fused-ring (bicyclic) bond motifs is 1. The minimum atomic E-state index is -3.77. The fraction of sp³-hybridized carbons (Fsp3) is 0.533. The molecule has 0 unspecified atom stereocenters. The van der Waals surface area contributed by atoms with Gasteiger partial charge in [-0.15, -0.1) is 0 Å². The molecule has 0 N–H and O–H groups in total. The molecule has 0 fully saturated rings. The van der Waals surface area contributed by atoms with Crippen LogP contribution < -0.4 is 9.47 Å². The number of hydrogen-bond donors (Lipinski definition) is 0. The summed E-state index contributed by atoms with van der Waals surface area (Å²) in [7, 11) is -2.37. The first-order chi connectivity index (χ1) is 10.9. The van der Waals surface area contributed by atoms with Crippen LogP contribution in [0.15, 0.2) is 23.1 Å². The van der Waals surface area contributed by atoms with Crippen molar-refractivity contribution in [3.8, 4) is 11.5 Å². The molecule has 0 radical (unpaired) electrons. The van der Waals surface area contributed by atoms with Gasteiger partial charge < -0.3 is 14.4 Å². The van der Waals surface area contributed by atoms with Gasteiger partial charge in [0.25, 0.3) is 0 Å². The fourth-order valence-corrected chi connectivity index (χ4v) is 3.45. The Labute approximate surface area is 136 Å². The average Bonchev–Trinajstić information content (AvgIpc) is 2.55. The third kappa shape index (κ3) is 3.76. The molecule has 1 aromatic rings. The lowest BCUT2D eigenvalue weighted by molar-refractivity contribution is -0.130. The maximum absolute atomic E-state index is 12.6. The zero-order valence-corrected chi connectivity index (χ0v) is 14.4. The highest BCUT2D eigenvalue weighted by Gasteiger charge is 2.26. The monoisotopic (exact) mass is 342 g/mol. The second-order valence-electron chi connectivity index (χ2n) is 5.13. The van der Waals surface area contributed by atoms with Gasteiger partial charge in [0.1, 0.15) is 13.2 Å². The van der Waals surface area contributed by atoms with E-state index in [4.69, 9.17) is 9.47 Å². The number of amides is 1. The molecule has 0 aliphatic carbocycles. The zero-order valence-electron chi connectivity index (χ0n) is 13.6. The average molecular weight is 342 g/mol. The van der Waals surface area contributed by atoms with Gasteiger partial charge in [0.05, 0.1) is 11.4 Å². The van der Waals surface area contributed by atoms with E-state index in [1.165, 1.54) is 19.2 Å². The Morgan fingerprint density at radius 2 is 1.74 bits per heavy atom. The van der Waals surface area contributed by atoms with Crippen molar-refractivity contribution in [3.63, 3.8) is 0 Å². The quantitative estimate of drug-likeness (QED) is 0.769. The Morgan fingerprint density at radius 3 is 2.35 bits per heavy atom. The van der Waals surface area contributed by atoms with Gasteiger partial charge >= 0.3 is 0 Å². The summed E-state index contributed by atoms with van der Waals surface area (Å²) < 4.78 is 37.1. The second kappa shape index (κ2) is 7.18. The summed E-state index contributed by atoms with van der Waals surface area (Å²) in [5.41, 5.74) is 0. The normalized spacial score (nSPS) is 13.9. The number of rotatable bonds is 6. The van der Waals surface area contributed by atoms with Crippen LogP contribution in [-0.4, -0.2) is 63.4 Å². The molecule has 0 saturated carbocycles. The number of nitrogens with zero attached hydrogens (tertiary/aromatic N) is 2. The predicted octanol–water partition coefficient (Wildman–Crippen LogP) is 0.947. The van der Waals surface area contributed by atoms with Crippen LogP contribution >= 0.6 is 0 Å². The van der Waals surface area contributed by atoms with E-state index in [2.05, 4.69) is 0 Å². The van der Waals surface area contributed by atoms with Crippen LogP contribution in [0.2, 0.25) is 0 Å². The van der Waals surface area contributed by atoms with Gasteiger partial charge in [-0.1, -0.05) is 0 Å². The number of carbonyl (C=O) groups excluding carboxylic acids is 1. The smallest absolute Gasteiger partial charge is 0.243 e. The van der Waals surface area contributed by atoms with Gasteiger partial charge in [-0.2, -0.15) is 4.31 Å². The highest BCUT2D eigenvalue weighted by Crippen LogP contribution is 2.32. The van der Waals surface area contributed by atoms with Crippen molar-refractivity contribution in [1.82, 2.24) is 9.21 Å². The standard InChI is InChI=1S/C15H22N2O5S/c1-4-17(5-2)15(18)11-16(3)23(19,20)12-6-7-13-14(10-12)22-9-8-21-13/h6-7,10H,4-5,8-9,11H2,1-3H3. The molecule has 0 bridgehead atoms. The predicted molar refractivity (Wildman–Crippen MR) is 85.2 cm³/mol. The molecule has 0 atom stereocenters. The van der Waals surface area contributed by atoms with Crippen molar-refractivity contribution in [2.45, 2.75) is 18.7 Å². The zero-order chi connectivity index (χ0) is 17.0. The summed E-state index contributed by atoms with van der Waals surface area (Å²) in [5, 5.41) is 0. The van der Waals surface area contributed by atoms with Gasteiger partial charge in [-0.3, -0.25) is 4.79 Å². The SMILES string of the molecule is CCN(CC)C(=O)CN(C)S(=O)(=O)c1ccc2c(c1)OCCO2. The van der Waals surface area contributed by atoms with E-state index in [0.717, 1.165) is 4.31 Å². The van der Waals surface area contributed by atoms with Crippen LogP contribution in [-0.2, 0) is 14.8 Å². The van der Waals surface area contributed by atoms with Gasteiger partial charge in [-0.05, 0) is 26.0 Å². The number of hydrogen-bond acceptors (Lipinski definition) is 5. The highest BCUT2D eigenvalue weighted by molar-refractivity contribution is 7.89. The van der Waals surface area contributed by atoms with E-state index in [1.807, 2.05) is 13.8 Å². The summed E-state index contributed by atoms with van der Waals surface area (Å²) in [6.07, 6.45) is 0. The van der Waals surface area contributed by atoms with E-state index in [-0.39, 0.29) is 17.3 Å². The van der Waals surface area contributed by atoms with E-state index in [1.54, 1.807) is 11.0 Å². The highest BCUT2D eigenvalue weighted by atomic mass is 32.2. The molecule has 2 rings (SSSR count). The molecular weight excluding hydrogens is 320 g/mol. The van der Waals surface area contributed by atoms with Crippen molar-refractivity contribution in [2.24, 2.45) is 0 Å². The number of likely N-dealkylation sites (N-methyl/N-ethyl adjacent to an activating group) is 2. The molecule has 8 heteroatoms. The van der Waals surface area contributed by atoms with Crippen LogP contribution in [0.3, 0.4) is 0 Å². The molecule has 128 valence electrons. The first kappa shape index (κ1) is 17.6. The summed E-state index contributed by atoms with van der Waals surface area (Å²) in [6, 6.07) is 4.46. The van der Waals surface area contributed by atoms with Gasteiger partial charge in [-0.25, -0.2) is 8.42 Å². The molecule has 7 nitrogen and oxygen atoms in total. The first-order valence-electron chi connectivity index (χ1n) is 7.54. The molecule has 23 heavy (non-hydrogen) atoms. The lowest BCUT2D eigenvalue weighted by Gasteiger charge is -2.24. The van der Waals surface area contributed by atoms with Crippen molar-refractivity contribution >= 4 is 15.9 Å². The van der Waals surface area contributed by atoms with Gasteiger partial charge in [0.2, 0.25) is 15.9 Å². The van der Waals surface area contributed by atoms with E-state index >= 15 is 0 Å². The maximum Gasteiger partial charge on any atom is 0.243 e. The van der Waals surface area contributed by atoms with Gasteiger partial charge in [0.15, 0.2) is 11.5 Å². The van der Waals surface area contributed by atoms with Crippen molar-refractivity contribution < 1.29 is 22.7 Å². The lowest BCUT2D eigenvalue weighted by atomic mass is 10.3. The van der Waals surface area contributed by atoms with Crippen LogP contribution in [0, 0.1) is 0 Å². The van der Waals surface area contributed by atoms with E-state index in [9.17, 15) is 13.2 Å². The molecule has 1 aromatic carbocycles. The summed E-state index contributed by atoms with van der Waals surface area (Å²) in [5.74, 6) is 0.705. The van der Waals surface area contributed by atoms with Crippen LogP contribution in [0.1, 0.15) is 13.8 Å². The Hall–Kier alpha value is -1.80. The van der Waals surface area contributed by atoms with Crippen molar-refractivity contribution in [2.75, 3.05) is 39.9 Å². The Balaban J connectivity index is 2.19. The second-order valence-corrected chi connectivity index (χ2v) is 7.18. The van der Waals surface area contributed by atoms with Crippen molar-refractivity contribution in [3.05, 3.63) is 18.2 Å². The molecule has 1 aliphatic rings. The molecular formula is C15H22N2O5S. The topological polar surface area (TPSA) is 76.2 Å². The Morgan fingerprint density at radius 1 is 1.13 bits per heavy atom. The first-order valence-corrected chi connectivity index (χ1v) is 8.98. The maximum atomic E-state index is 12.6. The molecule has 0 aromatic heterocycles. The van der Waals surface area contributed by atoms with E-state index in [0.29, 0.717) is 37.8 Å². The summed E-state index contributed by atoms with van der Waals surface area (Å²) in [4.78, 5) is 13.8. The third-order valence-electron chi connectivity index (χ3n) is 3.70. The summed E-state index contributed by atoms with van der Waals surface area (Å²) >= 11 is 0. The molecule has 1 amide bonds. The number of sulfonamides is 1. The Kier molecular flexibility index (Phi) is 5.48. The summed E-state index contributed by atoms with van der Waals surface area (Å²) in [6.45, 7) is 5.44. The van der Waals surface area contributed by atoms with Gasteiger partial charge in [0, 0.05) is 26.2 Å². The molecule has 0 saturated heterocycles. The van der Waals surface area contributed by atoms with Crippen LogP contribution in [0.25, 0.3) is 0 Å². The Bertz CT molecular complexity index is 670. The largest absolute Gasteiger partial charge is 0.486 e. The molecule has 1 heterocycles. The minimum absolute atomic E-state index is 0.0802. The fourth-order valence-electron chi connectivity index (χ4n) is 2.32. The minimum Gasteiger partial charge on any atom is -0.486 e. The van der Waals surface area contributed by atoms with Crippen LogP contribution in [0.5, 0.6) is 11.5 Å². The van der Waals surface area contributed by atoms with E-state index < -0.39 is 10.0 Å². The molecule has 1 aliphatic heterocycles. The van der Waals surface area contributed by atoms with Crippen LogP contribution in [0.4, 0.5) is 0 Å². The lowest BCUT2D eigenvalue weighted by Crippen LogP contribution is -2.41. The number of carbonyl (C=O) groups is 1. The number of ether oxygens (including phenoxy) is 2. The van der Waals surface area contributed by atoms with Crippen molar-refractivity contribution in [1.29, 1.82) is 0 Å². The third-order valence-corrected chi connectivity index (χ3v) is 5.50. The molecule has 0 spiro atoms. The number of benzene rings is 1.